The number of carbonyl (C=O) groups is 3. The van der Waals surface area contributed by atoms with Crippen LogP contribution in [0.25, 0.3) is 11.1 Å². The van der Waals surface area contributed by atoms with E-state index in [4.69, 9.17) is 4.74 Å². The topological polar surface area (TPSA) is 117 Å². The number of methoxy groups -OCH3 is 1. The first kappa shape index (κ1) is 19.7. The van der Waals surface area contributed by atoms with Crippen molar-refractivity contribution in [2.75, 3.05) is 28.8 Å². The molecular weight excluding hydrogens is 390 g/mol. The number of benzene rings is 1. The number of hydrogen-bond donors (Lipinski definition) is 2. The van der Waals surface area contributed by atoms with Gasteiger partial charge in [-0.3, -0.25) is 19.7 Å². The Balaban J connectivity index is 1.90. The van der Waals surface area contributed by atoms with Gasteiger partial charge in [-0.1, -0.05) is 0 Å². The van der Waals surface area contributed by atoms with E-state index in [-0.39, 0.29) is 18.5 Å². The van der Waals surface area contributed by atoms with Crippen LogP contribution in [0.4, 0.5) is 26.7 Å². The monoisotopic (exact) mass is 413 g/mol. The Hall–Kier alpha value is -3.56. The second kappa shape index (κ2) is 7.36. The summed E-state index contributed by atoms with van der Waals surface area (Å²) in [7, 11) is 1.26. The molecule has 1 aliphatic carbocycles. The molecule has 1 aromatic carbocycles. The van der Waals surface area contributed by atoms with E-state index in [1.54, 1.807) is 25.3 Å². The SMILES string of the molecule is COC(=O)Nc1cc2c(cc1-c1cnn(C3CC3)c1)N(C(=O)O)C[C@H](C)N2C(C)=O. The maximum absolute atomic E-state index is 12.3. The molecule has 1 aromatic heterocycles. The van der Waals surface area contributed by atoms with Gasteiger partial charge in [0, 0.05) is 30.8 Å². The molecule has 2 aliphatic rings. The van der Waals surface area contributed by atoms with E-state index >= 15 is 0 Å². The summed E-state index contributed by atoms with van der Waals surface area (Å²) in [6.07, 6.45) is 3.91. The Morgan fingerprint density at radius 2 is 1.97 bits per heavy atom. The molecule has 4 rings (SSSR count). The van der Waals surface area contributed by atoms with Gasteiger partial charge in [-0.2, -0.15) is 5.10 Å². The third kappa shape index (κ3) is 3.44. The fourth-order valence-corrected chi connectivity index (χ4v) is 3.85. The maximum atomic E-state index is 12.3. The van der Waals surface area contributed by atoms with Crippen LogP contribution < -0.4 is 15.1 Å². The van der Waals surface area contributed by atoms with Crippen molar-refractivity contribution in [3.05, 3.63) is 24.5 Å². The van der Waals surface area contributed by atoms with Crippen molar-refractivity contribution in [1.29, 1.82) is 0 Å². The number of nitrogens with zero attached hydrogens (tertiary/aromatic N) is 4. The maximum Gasteiger partial charge on any atom is 0.411 e. The molecule has 0 radical (unpaired) electrons. The molecule has 30 heavy (non-hydrogen) atoms. The van der Waals surface area contributed by atoms with Gasteiger partial charge in [0.15, 0.2) is 0 Å². The van der Waals surface area contributed by atoms with Crippen molar-refractivity contribution >= 4 is 35.2 Å². The largest absolute Gasteiger partial charge is 0.465 e. The third-order valence-corrected chi connectivity index (χ3v) is 5.38. The molecule has 0 bridgehead atoms. The normalized spacial score (nSPS) is 18.0. The smallest absolute Gasteiger partial charge is 0.411 e. The minimum atomic E-state index is -1.11. The van der Waals surface area contributed by atoms with Crippen molar-refractivity contribution in [1.82, 2.24) is 9.78 Å². The number of carboxylic acid groups (broad SMARTS) is 1. The number of fused-ring (bicyclic) bond motifs is 1. The van der Waals surface area contributed by atoms with Gasteiger partial charge >= 0.3 is 12.2 Å². The number of rotatable bonds is 3. The lowest BCUT2D eigenvalue weighted by atomic mass is 10.0. The number of carbonyl (C=O) groups excluding carboxylic acids is 2. The van der Waals surface area contributed by atoms with Crippen molar-refractivity contribution in [3.63, 3.8) is 0 Å². The average Bonchev–Trinajstić information content (AvgIpc) is 3.43. The highest BCUT2D eigenvalue weighted by molar-refractivity contribution is 6.05. The van der Waals surface area contributed by atoms with E-state index in [0.717, 1.165) is 18.4 Å². The van der Waals surface area contributed by atoms with E-state index in [2.05, 4.69) is 10.4 Å². The quantitative estimate of drug-likeness (QED) is 0.797. The van der Waals surface area contributed by atoms with Crippen molar-refractivity contribution in [2.45, 2.75) is 38.8 Å². The zero-order valence-electron chi connectivity index (χ0n) is 17.0. The van der Waals surface area contributed by atoms with Crippen LogP contribution in [0.15, 0.2) is 24.5 Å². The van der Waals surface area contributed by atoms with Crippen molar-refractivity contribution < 1.29 is 24.2 Å². The number of ether oxygens (including phenoxy) is 1. The Labute approximate surface area is 173 Å². The first-order chi connectivity index (χ1) is 14.3. The molecule has 1 aliphatic heterocycles. The molecule has 0 saturated heterocycles. The molecule has 10 nitrogen and oxygen atoms in total. The van der Waals surface area contributed by atoms with Crippen LogP contribution in [-0.2, 0) is 9.53 Å². The number of nitrogens with one attached hydrogen (secondary N) is 1. The predicted octanol–water partition coefficient (Wildman–Crippen LogP) is 3.30. The Bertz CT molecular complexity index is 1030. The Kier molecular flexibility index (Phi) is 4.84. The number of amides is 3. The van der Waals surface area contributed by atoms with Crippen molar-refractivity contribution in [3.8, 4) is 11.1 Å². The minimum absolute atomic E-state index is 0.145. The average molecular weight is 413 g/mol. The lowest BCUT2D eigenvalue weighted by Gasteiger charge is -2.40. The van der Waals surface area contributed by atoms with Crippen LogP contribution in [-0.4, -0.2) is 52.7 Å². The fraction of sp³-hybridized carbons (Fsp3) is 0.400. The van der Waals surface area contributed by atoms with Crippen LogP contribution in [0.1, 0.15) is 32.7 Å². The second-order valence-corrected chi connectivity index (χ2v) is 7.57. The summed E-state index contributed by atoms with van der Waals surface area (Å²) >= 11 is 0. The predicted molar refractivity (Wildman–Crippen MR) is 110 cm³/mol. The van der Waals surface area contributed by atoms with Gasteiger partial charge in [0.2, 0.25) is 5.91 Å². The van der Waals surface area contributed by atoms with Gasteiger partial charge in [-0.25, -0.2) is 9.59 Å². The Morgan fingerprint density at radius 3 is 2.57 bits per heavy atom. The molecule has 0 spiro atoms. The molecule has 3 amide bonds. The zero-order chi connectivity index (χ0) is 21.6. The lowest BCUT2D eigenvalue weighted by molar-refractivity contribution is -0.117. The second-order valence-electron chi connectivity index (χ2n) is 7.57. The summed E-state index contributed by atoms with van der Waals surface area (Å²) in [6, 6.07) is 3.30. The molecule has 2 aromatic rings. The van der Waals surface area contributed by atoms with Crippen LogP contribution in [0, 0.1) is 0 Å². The number of anilines is 3. The highest BCUT2D eigenvalue weighted by atomic mass is 16.5. The molecular formula is C20H23N5O5. The summed E-state index contributed by atoms with van der Waals surface area (Å²) < 4.78 is 6.61. The van der Waals surface area contributed by atoms with Crippen molar-refractivity contribution in [2.24, 2.45) is 0 Å². The van der Waals surface area contributed by atoms with Gasteiger partial charge in [0.05, 0.1) is 42.5 Å². The molecule has 2 heterocycles. The summed E-state index contributed by atoms with van der Waals surface area (Å²) in [5.74, 6) is -0.216. The first-order valence-electron chi connectivity index (χ1n) is 9.68. The molecule has 158 valence electrons. The summed E-state index contributed by atoms with van der Waals surface area (Å²) in [5, 5.41) is 16.8. The zero-order valence-corrected chi connectivity index (χ0v) is 17.0. The van der Waals surface area contributed by atoms with Crippen LogP contribution >= 0.6 is 0 Å². The molecule has 1 fully saturated rings. The molecule has 10 heteroatoms. The van der Waals surface area contributed by atoms with Gasteiger partial charge in [-0.15, -0.1) is 0 Å². The number of aromatic nitrogens is 2. The summed E-state index contributed by atoms with van der Waals surface area (Å²) in [5.41, 5.74) is 2.51. The highest BCUT2D eigenvalue weighted by Crippen LogP contribution is 2.44. The van der Waals surface area contributed by atoms with E-state index in [0.29, 0.717) is 28.7 Å². The molecule has 1 saturated carbocycles. The molecule has 2 N–H and O–H groups in total. The van der Waals surface area contributed by atoms with Gasteiger partial charge in [0.1, 0.15) is 0 Å². The van der Waals surface area contributed by atoms with Crippen LogP contribution in [0.3, 0.4) is 0 Å². The lowest BCUT2D eigenvalue weighted by Crippen LogP contribution is -2.51. The van der Waals surface area contributed by atoms with E-state index in [1.807, 2.05) is 10.9 Å². The summed E-state index contributed by atoms with van der Waals surface area (Å²) in [6.45, 7) is 3.35. The van der Waals surface area contributed by atoms with E-state index in [9.17, 15) is 19.5 Å². The van der Waals surface area contributed by atoms with Gasteiger partial charge < -0.3 is 14.7 Å². The Morgan fingerprint density at radius 1 is 1.23 bits per heavy atom. The van der Waals surface area contributed by atoms with Gasteiger partial charge in [0.25, 0.3) is 0 Å². The fourth-order valence-electron chi connectivity index (χ4n) is 3.85. The first-order valence-corrected chi connectivity index (χ1v) is 9.68. The standard InChI is InChI=1S/C20H23N5O5/c1-11-9-23(20(28)29)17-6-15(13-8-21-24(10-13)14-4-5-14)16(22-19(27)30-3)7-18(17)25(11)12(2)26/h6-8,10-11,14H,4-5,9H2,1-3H3,(H,22,27)(H,28,29)/t11-/m0/s1. The molecule has 1 atom stereocenters. The summed E-state index contributed by atoms with van der Waals surface area (Å²) in [4.78, 5) is 39.0. The number of hydrogen-bond acceptors (Lipinski definition) is 5. The minimum Gasteiger partial charge on any atom is -0.465 e. The molecule has 0 unspecified atom stereocenters. The highest BCUT2D eigenvalue weighted by Gasteiger charge is 2.35. The van der Waals surface area contributed by atoms with E-state index in [1.165, 1.54) is 23.8 Å². The van der Waals surface area contributed by atoms with Crippen LogP contribution in [0.5, 0.6) is 0 Å². The third-order valence-electron chi connectivity index (χ3n) is 5.38. The van der Waals surface area contributed by atoms with Gasteiger partial charge in [-0.05, 0) is 31.9 Å². The van der Waals surface area contributed by atoms with Crippen LogP contribution in [0.2, 0.25) is 0 Å². The van der Waals surface area contributed by atoms with E-state index < -0.39 is 12.2 Å².